The number of aromatic nitrogens is 1. The van der Waals surface area contributed by atoms with Gasteiger partial charge >= 0.3 is 0 Å². The van der Waals surface area contributed by atoms with Crippen LogP contribution in [-0.2, 0) is 16.3 Å². The van der Waals surface area contributed by atoms with Gasteiger partial charge in [-0.2, -0.15) is 0 Å². The molecular weight excluding hydrogens is 439 g/mol. The molecule has 1 atom stereocenters. The lowest BCUT2D eigenvalue weighted by atomic mass is 9.88. The lowest BCUT2D eigenvalue weighted by Gasteiger charge is -2.29. The Kier molecular flexibility index (Phi) is 6.25. The molecule has 1 fully saturated rings. The van der Waals surface area contributed by atoms with Gasteiger partial charge in [0.05, 0.1) is 9.80 Å². The maximum atomic E-state index is 13.7. The Morgan fingerprint density at radius 3 is 2.00 bits per heavy atom. The standard InChI is InChI=1S/C23H20Cl2N2O2S/c24-19-5-1-16(2-6-19)13-22(17-3-7-20(25)8-4-17)23(18-14-27-15-18)30(28,29)21-9-11-26-12-10-21/h1-12,22,27H,13-15H2. The van der Waals surface area contributed by atoms with E-state index in [9.17, 15) is 8.42 Å². The van der Waals surface area contributed by atoms with Crippen molar-refractivity contribution in [2.24, 2.45) is 0 Å². The summed E-state index contributed by atoms with van der Waals surface area (Å²) in [6.45, 7) is 1.12. The number of nitrogens with zero attached hydrogens (tertiary/aromatic N) is 1. The first-order valence-electron chi connectivity index (χ1n) is 9.53. The number of nitrogens with one attached hydrogen (secondary N) is 1. The minimum absolute atomic E-state index is 0.252. The van der Waals surface area contributed by atoms with Crippen molar-refractivity contribution in [3.63, 3.8) is 0 Å². The highest BCUT2D eigenvalue weighted by atomic mass is 35.5. The van der Waals surface area contributed by atoms with Gasteiger partial charge in [0.25, 0.3) is 0 Å². The molecule has 30 heavy (non-hydrogen) atoms. The molecule has 0 radical (unpaired) electrons. The quantitative estimate of drug-likeness (QED) is 0.561. The van der Waals surface area contributed by atoms with E-state index < -0.39 is 9.84 Å². The average molecular weight is 459 g/mol. The predicted molar refractivity (Wildman–Crippen MR) is 121 cm³/mol. The summed E-state index contributed by atoms with van der Waals surface area (Å²) in [6.07, 6.45) is 3.54. The van der Waals surface area contributed by atoms with Crippen LogP contribution in [0.5, 0.6) is 0 Å². The van der Waals surface area contributed by atoms with Crippen LogP contribution in [0.1, 0.15) is 17.0 Å². The molecule has 0 amide bonds. The fourth-order valence-electron chi connectivity index (χ4n) is 3.61. The van der Waals surface area contributed by atoms with E-state index in [4.69, 9.17) is 23.2 Å². The smallest absolute Gasteiger partial charge is 0.203 e. The molecule has 0 spiro atoms. The minimum Gasteiger partial charge on any atom is -0.309 e. The van der Waals surface area contributed by atoms with Gasteiger partial charge in [0.1, 0.15) is 0 Å². The highest BCUT2D eigenvalue weighted by Crippen LogP contribution is 2.38. The summed E-state index contributed by atoms with van der Waals surface area (Å²) in [5, 5.41) is 4.44. The Balaban J connectivity index is 1.86. The molecule has 4 nitrogen and oxygen atoms in total. The van der Waals surface area contributed by atoms with Gasteiger partial charge in [-0.05, 0) is 59.5 Å². The molecule has 154 valence electrons. The number of allylic oxidation sites excluding steroid dienone is 1. The zero-order chi connectivity index (χ0) is 21.1. The van der Waals surface area contributed by atoms with Crippen molar-refractivity contribution in [1.29, 1.82) is 0 Å². The molecule has 7 heteroatoms. The third-order valence-electron chi connectivity index (χ3n) is 5.22. The van der Waals surface area contributed by atoms with Crippen LogP contribution in [0.4, 0.5) is 0 Å². The van der Waals surface area contributed by atoms with E-state index >= 15 is 0 Å². The molecule has 2 heterocycles. The van der Waals surface area contributed by atoms with Crippen LogP contribution >= 0.6 is 23.2 Å². The maximum Gasteiger partial charge on any atom is 0.203 e. The summed E-state index contributed by atoms with van der Waals surface area (Å²) in [5.41, 5.74) is 2.82. The van der Waals surface area contributed by atoms with Crippen LogP contribution in [0.25, 0.3) is 0 Å². The molecule has 0 aliphatic carbocycles. The average Bonchev–Trinajstić information content (AvgIpc) is 2.72. The third kappa shape index (κ3) is 4.44. The summed E-state index contributed by atoms with van der Waals surface area (Å²) in [5.74, 6) is -0.348. The Morgan fingerprint density at radius 2 is 1.47 bits per heavy atom. The fraction of sp³-hybridized carbons (Fsp3) is 0.174. The summed E-state index contributed by atoms with van der Waals surface area (Å²) in [6, 6.07) is 18.0. The molecule has 2 aromatic carbocycles. The van der Waals surface area contributed by atoms with Crippen molar-refractivity contribution in [2.75, 3.05) is 13.1 Å². The Hall–Kier alpha value is -2.18. The molecule has 0 saturated carbocycles. The molecule has 0 bridgehead atoms. The third-order valence-corrected chi connectivity index (χ3v) is 7.77. The van der Waals surface area contributed by atoms with Gasteiger partial charge in [0.2, 0.25) is 9.84 Å². The molecule has 1 aliphatic heterocycles. The molecular formula is C23H20Cl2N2O2S. The monoisotopic (exact) mass is 458 g/mol. The van der Waals surface area contributed by atoms with Gasteiger partial charge in [0.15, 0.2) is 0 Å². The van der Waals surface area contributed by atoms with Crippen molar-refractivity contribution in [3.8, 4) is 0 Å². The van der Waals surface area contributed by atoms with Crippen LogP contribution in [0.2, 0.25) is 10.0 Å². The number of sulfone groups is 1. The molecule has 1 N–H and O–H groups in total. The summed E-state index contributed by atoms with van der Waals surface area (Å²) < 4.78 is 27.5. The Bertz CT molecular complexity index is 1150. The largest absolute Gasteiger partial charge is 0.309 e. The molecule has 1 aromatic heterocycles. The van der Waals surface area contributed by atoms with E-state index in [2.05, 4.69) is 10.3 Å². The minimum atomic E-state index is -3.71. The van der Waals surface area contributed by atoms with E-state index in [1.807, 2.05) is 36.4 Å². The number of pyridine rings is 1. The lowest BCUT2D eigenvalue weighted by molar-refractivity contribution is 0.588. The van der Waals surface area contributed by atoms with E-state index in [0.717, 1.165) is 16.7 Å². The van der Waals surface area contributed by atoms with Crippen LogP contribution in [-0.4, -0.2) is 26.5 Å². The van der Waals surface area contributed by atoms with Gasteiger partial charge in [0, 0.05) is 41.4 Å². The highest BCUT2D eigenvalue weighted by Gasteiger charge is 2.34. The number of hydrogen-bond donors (Lipinski definition) is 1. The molecule has 1 unspecified atom stereocenters. The highest BCUT2D eigenvalue weighted by molar-refractivity contribution is 7.95. The van der Waals surface area contributed by atoms with Crippen LogP contribution < -0.4 is 5.32 Å². The van der Waals surface area contributed by atoms with Crippen molar-refractivity contribution >= 4 is 33.0 Å². The van der Waals surface area contributed by atoms with Crippen molar-refractivity contribution in [1.82, 2.24) is 10.3 Å². The molecule has 4 rings (SSSR count). The van der Waals surface area contributed by atoms with Gasteiger partial charge in [-0.15, -0.1) is 0 Å². The van der Waals surface area contributed by atoms with Crippen LogP contribution in [0, 0.1) is 0 Å². The molecule has 1 saturated heterocycles. The second-order valence-electron chi connectivity index (χ2n) is 7.19. The lowest BCUT2D eigenvalue weighted by Crippen LogP contribution is -2.37. The number of benzene rings is 2. The molecule has 3 aromatic rings. The van der Waals surface area contributed by atoms with Crippen LogP contribution in [0.15, 0.2) is 88.4 Å². The van der Waals surface area contributed by atoms with Crippen molar-refractivity contribution < 1.29 is 8.42 Å². The van der Waals surface area contributed by atoms with E-state index in [1.165, 1.54) is 12.4 Å². The molecule has 1 aliphatic rings. The number of rotatable bonds is 6. The summed E-state index contributed by atoms with van der Waals surface area (Å²) in [7, 11) is -3.71. The van der Waals surface area contributed by atoms with Crippen LogP contribution in [0.3, 0.4) is 0 Å². The van der Waals surface area contributed by atoms with Crippen molar-refractivity contribution in [2.45, 2.75) is 17.2 Å². The van der Waals surface area contributed by atoms with Gasteiger partial charge < -0.3 is 5.32 Å². The maximum absolute atomic E-state index is 13.7. The summed E-state index contributed by atoms with van der Waals surface area (Å²) >= 11 is 12.1. The van der Waals surface area contributed by atoms with Gasteiger partial charge in [-0.3, -0.25) is 4.98 Å². The normalized spacial score (nSPS) is 14.8. The first kappa shape index (κ1) is 21.1. The SMILES string of the molecule is O=S(=O)(C(=C1CNC1)C(Cc1ccc(Cl)cc1)c1ccc(Cl)cc1)c1ccncc1. The van der Waals surface area contributed by atoms with E-state index in [-0.39, 0.29) is 10.8 Å². The van der Waals surface area contributed by atoms with E-state index in [0.29, 0.717) is 34.5 Å². The van der Waals surface area contributed by atoms with Crippen molar-refractivity contribution in [3.05, 3.63) is 105 Å². The van der Waals surface area contributed by atoms with Gasteiger partial charge in [-0.1, -0.05) is 47.5 Å². The first-order chi connectivity index (χ1) is 14.4. The number of halogens is 2. The van der Waals surface area contributed by atoms with E-state index in [1.54, 1.807) is 24.3 Å². The summed E-state index contributed by atoms with van der Waals surface area (Å²) in [4.78, 5) is 4.67. The topological polar surface area (TPSA) is 59.1 Å². The number of hydrogen-bond acceptors (Lipinski definition) is 4. The predicted octanol–water partition coefficient (Wildman–Crippen LogP) is 5.05. The Labute approximate surface area is 186 Å². The first-order valence-corrected chi connectivity index (χ1v) is 11.8. The zero-order valence-corrected chi connectivity index (χ0v) is 18.4. The second kappa shape index (κ2) is 8.90. The second-order valence-corrected chi connectivity index (χ2v) is 9.98. The van der Waals surface area contributed by atoms with Gasteiger partial charge in [-0.25, -0.2) is 8.42 Å². The Morgan fingerprint density at radius 1 is 0.900 bits per heavy atom. The fourth-order valence-corrected chi connectivity index (χ4v) is 5.71. The zero-order valence-electron chi connectivity index (χ0n) is 16.1.